The quantitative estimate of drug-likeness (QED) is 0.216. The predicted octanol–water partition coefficient (Wildman–Crippen LogP) is 9.35. The first-order chi connectivity index (χ1) is 15.8. The van der Waals surface area contributed by atoms with E-state index in [4.69, 9.17) is 4.74 Å². The van der Waals surface area contributed by atoms with Crippen LogP contribution in [0.2, 0.25) is 0 Å². The third-order valence-corrected chi connectivity index (χ3v) is 7.39. The van der Waals surface area contributed by atoms with E-state index in [1.54, 1.807) is 0 Å². The fourth-order valence-electron chi connectivity index (χ4n) is 5.16. The molecule has 1 aliphatic rings. The zero-order valence-electron chi connectivity index (χ0n) is 17.1. The summed E-state index contributed by atoms with van der Waals surface area (Å²) in [6, 6.07) is 36.5. The summed E-state index contributed by atoms with van der Waals surface area (Å²) < 4.78 is 7.47. The number of rotatable bonds is 1. The number of benzene rings is 6. The zero-order chi connectivity index (χ0) is 21.2. The molecule has 0 amide bonds. The Balaban J connectivity index is 1.66. The van der Waals surface area contributed by atoms with Crippen LogP contribution in [-0.4, -0.2) is 0 Å². The van der Waals surface area contributed by atoms with Gasteiger partial charge in [-0.05, 0) is 77.8 Å². The van der Waals surface area contributed by atoms with Crippen molar-refractivity contribution in [2.24, 2.45) is 0 Å². The third kappa shape index (κ3) is 2.39. The minimum atomic E-state index is 0.916. The minimum Gasteiger partial charge on any atom is -0.456 e. The van der Waals surface area contributed by atoms with E-state index in [9.17, 15) is 0 Å². The molecule has 0 bridgehead atoms. The lowest BCUT2D eigenvalue weighted by Gasteiger charge is -2.23. The summed E-state index contributed by atoms with van der Waals surface area (Å²) in [4.78, 5) is 0. The first-order valence-electron chi connectivity index (χ1n) is 10.7. The second kappa shape index (κ2) is 6.69. The molecule has 0 fully saturated rings. The summed E-state index contributed by atoms with van der Waals surface area (Å²) in [5.74, 6) is 1.84. The van der Waals surface area contributed by atoms with Crippen molar-refractivity contribution in [1.29, 1.82) is 0 Å². The van der Waals surface area contributed by atoms with Gasteiger partial charge in [0.2, 0.25) is 0 Å². The van der Waals surface area contributed by atoms with Gasteiger partial charge in [0.25, 0.3) is 0 Å². The molecule has 1 nitrogen and oxygen atoms in total. The predicted molar refractivity (Wildman–Crippen MR) is 138 cm³/mol. The van der Waals surface area contributed by atoms with Gasteiger partial charge in [0.15, 0.2) is 0 Å². The van der Waals surface area contributed by atoms with Crippen molar-refractivity contribution in [2.45, 2.75) is 0 Å². The molecule has 0 unspecified atom stereocenters. The molecule has 0 aromatic heterocycles. The second-order valence-corrected chi connectivity index (χ2v) is 9.01. The number of para-hydroxylation sites is 1. The summed E-state index contributed by atoms with van der Waals surface area (Å²) in [6.07, 6.45) is 0. The van der Waals surface area contributed by atoms with Gasteiger partial charge in [-0.1, -0.05) is 84.9 Å². The largest absolute Gasteiger partial charge is 0.456 e. The summed E-state index contributed by atoms with van der Waals surface area (Å²) >= 11 is 3.88. The first-order valence-corrected chi connectivity index (χ1v) is 11.5. The fourth-order valence-corrected chi connectivity index (χ4v) is 5.86. The molecular formula is C30H17BrO. The average molecular weight is 473 g/mol. The topological polar surface area (TPSA) is 9.23 Å². The van der Waals surface area contributed by atoms with Gasteiger partial charge in [0.05, 0.1) is 0 Å². The molecule has 0 atom stereocenters. The molecular weight excluding hydrogens is 456 g/mol. The van der Waals surface area contributed by atoms with Gasteiger partial charge in [-0.3, -0.25) is 0 Å². The highest BCUT2D eigenvalue weighted by molar-refractivity contribution is 9.10. The van der Waals surface area contributed by atoms with Crippen LogP contribution in [0.4, 0.5) is 0 Å². The van der Waals surface area contributed by atoms with Crippen LogP contribution in [0.3, 0.4) is 0 Å². The van der Waals surface area contributed by atoms with E-state index < -0.39 is 0 Å². The molecule has 0 spiro atoms. The summed E-state index contributed by atoms with van der Waals surface area (Å²) in [5, 5.41) is 7.34. The van der Waals surface area contributed by atoms with Crippen LogP contribution in [0.1, 0.15) is 0 Å². The van der Waals surface area contributed by atoms with Gasteiger partial charge in [-0.15, -0.1) is 0 Å². The van der Waals surface area contributed by atoms with Gasteiger partial charge in [0, 0.05) is 15.4 Å². The van der Waals surface area contributed by atoms with Crippen molar-refractivity contribution < 1.29 is 4.74 Å². The van der Waals surface area contributed by atoms with Crippen molar-refractivity contribution in [1.82, 2.24) is 0 Å². The van der Waals surface area contributed by atoms with E-state index in [0.717, 1.165) is 21.5 Å². The molecule has 0 saturated carbocycles. The van der Waals surface area contributed by atoms with E-state index in [1.807, 2.05) is 12.1 Å². The molecule has 6 aromatic carbocycles. The Bertz CT molecular complexity index is 1660. The van der Waals surface area contributed by atoms with Crippen LogP contribution in [0.25, 0.3) is 54.6 Å². The van der Waals surface area contributed by atoms with E-state index in [2.05, 4.69) is 107 Å². The van der Waals surface area contributed by atoms with Crippen molar-refractivity contribution >= 4 is 48.2 Å². The van der Waals surface area contributed by atoms with Crippen molar-refractivity contribution in [3.05, 3.63) is 108 Å². The van der Waals surface area contributed by atoms with Crippen LogP contribution in [-0.2, 0) is 0 Å². The Hall–Kier alpha value is -3.62. The Kier molecular flexibility index (Phi) is 3.76. The molecule has 1 aliphatic heterocycles. The number of ether oxygens (including phenoxy) is 1. The van der Waals surface area contributed by atoms with E-state index in [-0.39, 0.29) is 0 Å². The van der Waals surface area contributed by atoms with E-state index >= 15 is 0 Å². The molecule has 1 heterocycles. The van der Waals surface area contributed by atoms with Crippen molar-refractivity contribution in [3.63, 3.8) is 0 Å². The molecule has 32 heavy (non-hydrogen) atoms. The fraction of sp³-hybridized carbons (Fsp3) is 0. The summed E-state index contributed by atoms with van der Waals surface area (Å²) in [7, 11) is 0. The SMILES string of the molecule is Brc1c2ccccc2c(-c2ccc3c4c(cccc24)-c2ccccc2O3)c2ccccc12. The van der Waals surface area contributed by atoms with Gasteiger partial charge < -0.3 is 4.74 Å². The Morgan fingerprint density at radius 3 is 1.78 bits per heavy atom. The molecule has 0 N–H and O–H groups in total. The van der Waals surface area contributed by atoms with Crippen LogP contribution < -0.4 is 4.74 Å². The molecule has 0 saturated heterocycles. The molecule has 0 radical (unpaired) electrons. The lowest BCUT2D eigenvalue weighted by atomic mass is 9.87. The average Bonchev–Trinajstić information content (AvgIpc) is 2.85. The molecule has 150 valence electrons. The van der Waals surface area contributed by atoms with Crippen molar-refractivity contribution in [2.75, 3.05) is 0 Å². The lowest BCUT2D eigenvalue weighted by molar-refractivity contribution is 0.487. The maximum atomic E-state index is 6.33. The highest BCUT2D eigenvalue weighted by atomic mass is 79.9. The number of hydrogen-bond acceptors (Lipinski definition) is 1. The highest BCUT2D eigenvalue weighted by Crippen LogP contribution is 2.50. The number of hydrogen-bond donors (Lipinski definition) is 0. The number of halogens is 1. The normalized spacial score (nSPS) is 12.2. The highest BCUT2D eigenvalue weighted by Gasteiger charge is 2.22. The smallest absolute Gasteiger partial charge is 0.135 e. The van der Waals surface area contributed by atoms with Crippen LogP contribution in [0.5, 0.6) is 11.5 Å². The van der Waals surface area contributed by atoms with Gasteiger partial charge in [-0.2, -0.15) is 0 Å². The molecule has 0 aliphatic carbocycles. The Labute approximate surface area is 194 Å². The maximum Gasteiger partial charge on any atom is 0.135 e. The zero-order valence-corrected chi connectivity index (χ0v) is 18.7. The van der Waals surface area contributed by atoms with E-state index in [0.29, 0.717) is 0 Å². The van der Waals surface area contributed by atoms with Crippen LogP contribution in [0, 0.1) is 0 Å². The minimum absolute atomic E-state index is 0.916. The molecule has 2 heteroatoms. The standard InChI is InChI=1S/C30H17BrO/c31-30-24-11-3-1-9-21(24)28(22-10-2-4-12-25(22)30)23-16-17-27-29-19(13-7-14-20(23)29)18-8-5-6-15-26(18)32-27/h1-17H. The summed E-state index contributed by atoms with van der Waals surface area (Å²) in [5.41, 5.74) is 4.87. The molecule has 7 rings (SSSR count). The van der Waals surface area contributed by atoms with Crippen molar-refractivity contribution in [3.8, 4) is 33.8 Å². The maximum absolute atomic E-state index is 6.33. The molecule has 6 aromatic rings. The first kappa shape index (κ1) is 18.0. The number of fused-ring (bicyclic) bond motifs is 4. The van der Waals surface area contributed by atoms with Gasteiger partial charge in [-0.25, -0.2) is 0 Å². The van der Waals surface area contributed by atoms with E-state index in [1.165, 1.54) is 49.0 Å². The summed E-state index contributed by atoms with van der Waals surface area (Å²) in [6.45, 7) is 0. The Morgan fingerprint density at radius 1 is 0.438 bits per heavy atom. The van der Waals surface area contributed by atoms with Crippen LogP contribution in [0.15, 0.2) is 108 Å². The van der Waals surface area contributed by atoms with Gasteiger partial charge in [0.1, 0.15) is 11.5 Å². The monoisotopic (exact) mass is 472 g/mol. The van der Waals surface area contributed by atoms with Gasteiger partial charge >= 0.3 is 0 Å². The Morgan fingerprint density at radius 2 is 1.03 bits per heavy atom. The van der Waals surface area contributed by atoms with Crippen LogP contribution >= 0.6 is 15.9 Å². The second-order valence-electron chi connectivity index (χ2n) is 8.22. The lowest BCUT2D eigenvalue weighted by Crippen LogP contribution is -1.98. The third-order valence-electron chi connectivity index (χ3n) is 6.53.